The topological polar surface area (TPSA) is 72.1 Å². The van der Waals surface area contributed by atoms with Crippen molar-refractivity contribution in [3.05, 3.63) is 33.9 Å². The summed E-state index contributed by atoms with van der Waals surface area (Å²) in [7, 11) is 5.71. The first-order valence-corrected chi connectivity index (χ1v) is 7.77. The van der Waals surface area contributed by atoms with Gasteiger partial charge in [0.15, 0.2) is 5.96 Å². The van der Waals surface area contributed by atoms with Gasteiger partial charge < -0.3 is 10.6 Å². The van der Waals surface area contributed by atoms with Crippen molar-refractivity contribution in [3.8, 4) is 0 Å². The molecule has 2 N–H and O–H groups in total. The lowest BCUT2D eigenvalue weighted by Crippen LogP contribution is -2.36. The number of aryl methyl sites for hydroxylation is 4. The highest BCUT2D eigenvalue weighted by molar-refractivity contribution is 14.0. The molecule has 0 aliphatic carbocycles. The zero-order chi connectivity index (χ0) is 17.1. The molecule has 0 saturated carbocycles. The van der Waals surface area contributed by atoms with Crippen LogP contribution in [0.2, 0.25) is 0 Å². The first kappa shape index (κ1) is 20.5. The second-order valence-corrected chi connectivity index (χ2v) is 5.83. The molecule has 0 aliphatic rings. The summed E-state index contributed by atoms with van der Waals surface area (Å²) in [6, 6.07) is 0. The van der Waals surface area contributed by atoms with Gasteiger partial charge in [-0.3, -0.25) is 14.4 Å². The maximum atomic E-state index is 4.44. The standard InChI is InChI=1S/C16H27N7.HI/c1-10-14(12(3)22(6)20-10)8-18-16(17-5)19-9-15-11(2)21-23(7)13(15)4;/h8-9H2,1-7H3,(H2,17,18,19);1H. The molecule has 0 unspecified atom stereocenters. The van der Waals surface area contributed by atoms with Gasteiger partial charge in [-0.15, -0.1) is 24.0 Å². The Hall–Kier alpha value is -1.58. The summed E-state index contributed by atoms with van der Waals surface area (Å²) in [5, 5.41) is 15.6. The highest BCUT2D eigenvalue weighted by Gasteiger charge is 2.12. The van der Waals surface area contributed by atoms with Crippen molar-refractivity contribution in [1.29, 1.82) is 0 Å². The molecule has 7 nitrogen and oxygen atoms in total. The van der Waals surface area contributed by atoms with Gasteiger partial charge >= 0.3 is 0 Å². The third-order valence-electron chi connectivity index (χ3n) is 4.41. The van der Waals surface area contributed by atoms with E-state index in [1.54, 1.807) is 7.05 Å². The minimum absolute atomic E-state index is 0. The predicted molar refractivity (Wildman–Crippen MR) is 108 cm³/mol. The number of nitrogens with zero attached hydrogens (tertiary/aromatic N) is 5. The van der Waals surface area contributed by atoms with E-state index in [0.717, 1.165) is 17.3 Å². The average Bonchev–Trinajstić information content (AvgIpc) is 2.89. The Morgan fingerprint density at radius 2 is 1.25 bits per heavy atom. The van der Waals surface area contributed by atoms with Crippen LogP contribution in [0.5, 0.6) is 0 Å². The van der Waals surface area contributed by atoms with Crippen LogP contribution in [0.4, 0.5) is 0 Å². The summed E-state index contributed by atoms with van der Waals surface area (Å²) in [6.45, 7) is 9.63. The average molecular weight is 445 g/mol. The van der Waals surface area contributed by atoms with E-state index in [0.29, 0.717) is 13.1 Å². The monoisotopic (exact) mass is 445 g/mol. The fraction of sp³-hybridized carbons (Fsp3) is 0.562. The van der Waals surface area contributed by atoms with Crippen LogP contribution in [0.1, 0.15) is 33.9 Å². The molecule has 2 aromatic heterocycles. The number of hydrogen-bond donors (Lipinski definition) is 2. The molecule has 0 radical (unpaired) electrons. The van der Waals surface area contributed by atoms with Crippen LogP contribution in [-0.2, 0) is 27.2 Å². The fourth-order valence-corrected chi connectivity index (χ4v) is 2.71. The minimum Gasteiger partial charge on any atom is -0.352 e. The van der Waals surface area contributed by atoms with Crippen LogP contribution in [0.25, 0.3) is 0 Å². The van der Waals surface area contributed by atoms with E-state index in [2.05, 4.69) is 39.7 Å². The van der Waals surface area contributed by atoms with E-state index in [1.165, 1.54) is 22.5 Å². The number of aliphatic imine (C=N–C) groups is 1. The normalized spacial score (nSPS) is 10.3. The van der Waals surface area contributed by atoms with Crippen molar-refractivity contribution in [3.63, 3.8) is 0 Å². The van der Waals surface area contributed by atoms with Gasteiger partial charge in [0, 0.05) is 56.7 Å². The molecule has 2 heterocycles. The van der Waals surface area contributed by atoms with Gasteiger partial charge in [-0.2, -0.15) is 10.2 Å². The second-order valence-electron chi connectivity index (χ2n) is 5.83. The van der Waals surface area contributed by atoms with Gasteiger partial charge in [-0.25, -0.2) is 0 Å². The van der Waals surface area contributed by atoms with E-state index in [9.17, 15) is 0 Å². The summed E-state index contributed by atoms with van der Waals surface area (Å²) in [5.41, 5.74) is 6.86. The molecule has 0 bridgehead atoms. The van der Waals surface area contributed by atoms with Crippen LogP contribution in [0.3, 0.4) is 0 Å². The Bertz CT molecular complexity index is 669. The fourth-order valence-electron chi connectivity index (χ4n) is 2.71. The lowest BCUT2D eigenvalue weighted by Gasteiger charge is -2.12. The molecule has 2 rings (SSSR count). The summed E-state index contributed by atoms with van der Waals surface area (Å²) < 4.78 is 3.82. The van der Waals surface area contributed by atoms with Crippen LogP contribution in [0, 0.1) is 27.7 Å². The maximum absolute atomic E-state index is 4.44. The first-order valence-electron chi connectivity index (χ1n) is 7.77. The van der Waals surface area contributed by atoms with E-state index >= 15 is 0 Å². The molecule has 0 saturated heterocycles. The molecule has 24 heavy (non-hydrogen) atoms. The Morgan fingerprint density at radius 1 is 0.875 bits per heavy atom. The van der Waals surface area contributed by atoms with Crippen molar-refractivity contribution in [2.45, 2.75) is 40.8 Å². The molecule has 0 amide bonds. The molecule has 134 valence electrons. The zero-order valence-corrected chi connectivity index (χ0v) is 17.9. The van der Waals surface area contributed by atoms with Gasteiger partial charge in [-0.1, -0.05) is 0 Å². The Balaban J connectivity index is 0.00000288. The smallest absolute Gasteiger partial charge is 0.191 e. The van der Waals surface area contributed by atoms with Crippen LogP contribution in [-0.4, -0.2) is 32.6 Å². The molecular formula is C16H28IN7. The SMILES string of the molecule is CN=C(NCc1c(C)nn(C)c1C)NCc1c(C)nn(C)c1C.I. The molecule has 0 fully saturated rings. The Morgan fingerprint density at radius 3 is 1.50 bits per heavy atom. The largest absolute Gasteiger partial charge is 0.352 e. The summed E-state index contributed by atoms with van der Waals surface area (Å²) in [4.78, 5) is 4.29. The van der Waals surface area contributed by atoms with Crippen LogP contribution in [0.15, 0.2) is 4.99 Å². The summed E-state index contributed by atoms with van der Waals surface area (Å²) >= 11 is 0. The highest BCUT2D eigenvalue weighted by atomic mass is 127. The number of hydrogen-bond acceptors (Lipinski definition) is 3. The minimum atomic E-state index is 0. The molecule has 8 heteroatoms. The molecule has 0 aliphatic heterocycles. The van der Waals surface area contributed by atoms with Crippen molar-refractivity contribution in [2.24, 2.45) is 19.1 Å². The van der Waals surface area contributed by atoms with Crippen molar-refractivity contribution < 1.29 is 0 Å². The van der Waals surface area contributed by atoms with E-state index in [4.69, 9.17) is 0 Å². The third kappa shape index (κ3) is 4.28. The predicted octanol–water partition coefficient (Wildman–Crippen LogP) is 1.87. The van der Waals surface area contributed by atoms with Gasteiger partial charge in [-0.05, 0) is 27.7 Å². The number of nitrogens with one attached hydrogen (secondary N) is 2. The molecule has 0 spiro atoms. The first-order chi connectivity index (χ1) is 10.8. The molecule has 0 aromatic carbocycles. The Kier molecular flexibility index (Phi) is 7.25. The van der Waals surface area contributed by atoms with Crippen molar-refractivity contribution >= 4 is 29.9 Å². The van der Waals surface area contributed by atoms with Crippen LogP contribution < -0.4 is 10.6 Å². The number of aromatic nitrogens is 4. The molecule has 2 aromatic rings. The highest BCUT2D eigenvalue weighted by Crippen LogP contribution is 2.12. The number of guanidine groups is 1. The Labute approximate surface area is 160 Å². The maximum Gasteiger partial charge on any atom is 0.191 e. The van der Waals surface area contributed by atoms with Gasteiger partial charge in [0.25, 0.3) is 0 Å². The van der Waals surface area contributed by atoms with E-state index < -0.39 is 0 Å². The lowest BCUT2D eigenvalue weighted by atomic mass is 10.2. The van der Waals surface area contributed by atoms with Gasteiger partial charge in [0.05, 0.1) is 11.4 Å². The lowest BCUT2D eigenvalue weighted by molar-refractivity contribution is 0.727. The van der Waals surface area contributed by atoms with E-state index in [1.807, 2.05) is 37.3 Å². The molecular weight excluding hydrogens is 417 g/mol. The van der Waals surface area contributed by atoms with Crippen molar-refractivity contribution in [1.82, 2.24) is 30.2 Å². The van der Waals surface area contributed by atoms with Gasteiger partial charge in [0.1, 0.15) is 0 Å². The number of rotatable bonds is 4. The zero-order valence-electron chi connectivity index (χ0n) is 15.6. The second kappa shape index (κ2) is 8.50. The summed E-state index contributed by atoms with van der Waals surface area (Å²) in [6.07, 6.45) is 0. The third-order valence-corrected chi connectivity index (χ3v) is 4.41. The van der Waals surface area contributed by atoms with Gasteiger partial charge in [0.2, 0.25) is 0 Å². The van der Waals surface area contributed by atoms with Crippen molar-refractivity contribution in [2.75, 3.05) is 7.05 Å². The number of halogens is 1. The van der Waals surface area contributed by atoms with Crippen LogP contribution >= 0.6 is 24.0 Å². The summed E-state index contributed by atoms with van der Waals surface area (Å²) in [5.74, 6) is 0.773. The molecule has 0 atom stereocenters. The quantitative estimate of drug-likeness (QED) is 0.428. The van der Waals surface area contributed by atoms with E-state index in [-0.39, 0.29) is 24.0 Å².